The van der Waals surface area contributed by atoms with Crippen LogP contribution in [0.3, 0.4) is 0 Å². The minimum atomic E-state index is -0.194. The molecule has 2 heterocycles. The predicted octanol–water partition coefficient (Wildman–Crippen LogP) is 7.10. The van der Waals surface area contributed by atoms with Crippen LogP contribution < -0.4 is 9.47 Å². The molecule has 2 aliphatic rings. The summed E-state index contributed by atoms with van der Waals surface area (Å²) < 4.78 is 18.4. The third-order valence-electron chi connectivity index (χ3n) is 8.66. The largest absolute Gasteiger partial charge is 0.497 e. The standard InChI is InChI=1S/C34H37N3O4/c1-39-30-16-12-26(13-17-30)33-20-32(35-37(33)29-14-18-31(40-2)19-15-29)25-8-10-27-21-36(22-28(27)11-9-25)34(38)41-23-24-6-4-3-5-7-24/h3-7,12-20,25,27-28H,8-11,21-23H2,1-2H3. The lowest BCUT2D eigenvalue weighted by molar-refractivity contribution is 0.102. The number of hydrogen-bond donors (Lipinski definition) is 0. The van der Waals surface area contributed by atoms with E-state index in [4.69, 9.17) is 19.3 Å². The number of nitrogens with zero attached hydrogens (tertiary/aromatic N) is 3. The van der Waals surface area contributed by atoms with Crippen molar-refractivity contribution in [2.24, 2.45) is 11.8 Å². The van der Waals surface area contributed by atoms with Gasteiger partial charge in [-0.3, -0.25) is 0 Å². The van der Waals surface area contributed by atoms with Crippen molar-refractivity contribution in [1.82, 2.24) is 14.7 Å². The quantitative estimate of drug-likeness (QED) is 0.245. The number of hydrogen-bond acceptors (Lipinski definition) is 5. The Balaban J connectivity index is 1.16. The molecule has 2 atom stereocenters. The number of carbonyl (C=O) groups excluding carboxylic acids is 1. The van der Waals surface area contributed by atoms with Crippen LogP contribution in [0.4, 0.5) is 4.79 Å². The Bertz CT molecular complexity index is 1370. The summed E-state index contributed by atoms with van der Waals surface area (Å²) in [6, 6.07) is 28.3. The fraction of sp³-hybridized carbons (Fsp3) is 0.353. The number of fused-ring (bicyclic) bond motifs is 1. The molecule has 2 unspecified atom stereocenters. The highest BCUT2D eigenvalue weighted by molar-refractivity contribution is 5.68. The van der Waals surface area contributed by atoms with Crippen molar-refractivity contribution in [3.8, 4) is 28.4 Å². The Morgan fingerprint density at radius 3 is 2.02 bits per heavy atom. The third kappa shape index (κ3) is 5.94. The average Bonchev–Trinajstić information content (AvgIpc) is 3.60. The van der Waals surface area contributed by atoms with Crippen molar-refractivity contribution in [3.63, 3.8) is 0 Å². The normalized spacial score (nSPS) is 20.2. The van der Waals surface area contributed by atoms with E-state index in [1.807, 2.05) is 76.3 Å². The molecule has 0 bridgehead atoms. The summed E-state index contributed by atoms with van der Waals surface area (Å²) in [4.78, 5) is 14.7. The van der Waals surface area contributed by atoms with E-state index in [-0.39, 0.29) is 6.09 Å². The molecule has 0 spiro atoms. The first-order valence-electron chi connectivity index (χ1n) is 14.5. The molecule has 212 valence electrons. The fourth-order valence-electron chi connectivity index (χ4n) is 6.31. The van der Waals surface area contributed by atoms with E-state index in [2.05, 4.69) is 18.2 Å². The van der Waals surface area contributed by atoms with Gasteiger partial charge in [0.1, 0.15) is 18.1 Å². The van der Waals surface area contributed by atoms with Crippen LogP contribution in [0, 0.1) is 11.8 Å². The Morgan fingerprint density at radius 2 is 1.41 bits per heavy atom. The van der Waals surface area contributed by atoms with Crippen molar-refractivity contribution in [1.29, 1.82) is 0 Å². The minimum absolute atomic E-state index is 0.194. The first-order valence-corrected chi connectivity index (χ1v) is 14.5. The zero-order chi connectivity index (χ0) is 28.2. The summed E-state index contributed by atoms with van der Waals surface area (Å²) in [5, 5.41) is 5.17. The van der Waals surface area contributed by atoms with Gasteiger partial charge in [-0.1, -0.05) is 30.3 Å². The van der Waals surface area contributed by atoms with Gasteiger partial charge in [0.15, 0.2) is 0 Å². The second-order valence-electron chi connectivity index (χ2n) is 11.1. The number of aromatic nitrogens is 2. The number of amides is 1. The number of ether oxygens (including phenoxy) is 3. The molecule has 0 N–H and O–H groups in total. The topological polar surface area (TPSA) is 65.8 Å². The monoisotopic (exact) mass is 551 g/mol. The first kappa shape index (κ1) is 26.9. The Kier molecular flexibility index (Phi) is 7.94. The van der Waals surface area contributed by atoms with Crippen LogP contribution in [0.1, 0.15) is 42.9 Å². The lowest BCUT2D eigenvalue weighted by atomic mass is 9.92. The first-order chi connectivity index (χ1) is 20.1. The van der Waals surface area contributed by atoms with E-state index >= 15 is 0 Å². The predicted molar refractivity (Wildman–Crippen MR) is 158 cm³/mol. The number of carbonyl (C=O) groups is 1. The molecule has 7 heteroatoms. The number of benzene rings is 3. The molecule has 1 aromatic heterocycles. The van der Waals surface area contributed by atoms with Gasteiger partial charge < -0.3 is 19.1 Å². The second-order valence-corrected chi connectivity index (χ2v) is 11.1. The van der Waals surface area contributed by atoms with E-state index in [0.29, 0.717) is 24.4 Å². The molecule has 3 aromatic carbocycles. The van der Waals surface area contributed by atoms with Crippen LogP contribution in [-0.4, -0.2) is 48.1 Å². The average molecular weight is 552 g/mol. The van der Waals surface area contributed by atoms with E-state index in [1.54, 1.807) is 14.2 Å². The van der Waals surface area contributed by atoms with Crippen LogP contribution >= 0.6 is 0 Å². The van der Waals surface area contributed by atoms with Crippen molar-refractivity contribution >= 4 is 6.09 Å². The lowest BCUT2D eigenvalue weighted by Gasteiger charge is -2.18. The highest BCUT2D eigenvalue weighted by Gasteiger charge is 2.38. The molecular formula is C34H37N3O4. The highest BCUT2D eigenvalue weighted by Crippen LogP contribution is 2.41. The molecule has 6 rings (SSSR count). The van der Waals surface area contributed by atoms with Crippen LogP contribution in [-0.2, 0) is 11.3 Å². The number of methoxy groups -OCH3 is 2. The maximum atomic E-state index is 12.8. The van der Waals surface area contributed by atoms with E-state index < -0.39 is 0 Å². The maximum absolute atomic E-state index is 12.8. The van der Waals surface area contributed by atoms with Gasteiger partial charge in [-0.25, -0.2) is 9.48 Å². The van der Waals surface area contributed by atoms with Gasteiger partial charge in [0.05, 0.1) is 31.3 Å². The molecular weight excluding hydrogens is 514 g/mol. The van der Waals surface area contributed by atoms with E-state index in [9.17, 15) is 4.79 Å². The zero-order valence-electron chi connectivity index (χ0n) is 23.7. The van der Waals surface area contributed by atoms with Crippen molar-refractivity contribution in [2.45, 2.75) is 38.2 Å². The van der Waals surface area contributed by atoms with Gasteiger partial charge in [-0.05, 0) is 97.7 Å². The van der Waals surface area contributed by atoms with Crippen LogP contribution in [0.25, 0.3) is 16.9 Å². The molecule has 7 nitrogen and oxygen atoms in total. The maximum Gasteiger partial charge on any atom is 0.410 e. The number of likely N-dealkylation sites (tertiary alicyclic amines) is 1. The smallest absolute Gasteiger partial charge is 0.410 e. The molecule has 2 fully saturated rings. The van der Waals surface area contributed by atoms with Crippen molar-refractivity contribution in [2.75, 3.05) is 27.3 Å². The Hall–Kier alpha value is -4.26. The Morgan fingerprint density at radius 1 is 0.805 bits per heavy atom. The summed E-state index contributed by atoms with van der Waals surface area (Å²) in [5.74, 6) is 3.05. The molecule has 1 amide bonds. The summed E-state index contributed by atoms with van der Waals surface area (Å²) >= 11 is 0. The van der Waals surface area contributed by atoms with Crippen LogP contribution in [0.2, 0.25) is 0 Å². The SMILES string of the molecule is COc1ccc(-c2cc(C3CCC4CN(C(=O)OCc5ccccc5)CC4CC3)nn2-c2ccc(OC)cc2)cc1. The van der Waals surface area contributed by atoms with Gasteiger partial charge in [-0.15, -0.1) is 0 Å². The summed E-state index contributed by atoms with van der Waals surface area (Å²) in [7, 11) is 3.36. The van der Waals surface area contributed by atoms with Gasteiger partial charge in [0, 0.05) is 24.6 Å². The van der Waals surface area contributed by atoms with E-state index in [1.165, 1.54) is 0 Å². The van der Waals surface area contributed by atoms with Gasteiger partial charge in [-0.2, -0.15) is 5.10 Å². The minimum Gasteiger partial charge on any atom is -0.497 e. The molecule has 0 radical (unpaired) electrons. The third-order valence-corrected chi connectivity index (χ3v) is 8.66. The second kappa shape index (κ2) is 12.1. The molecule has 4 aromatic rings. The summed E-state index contributed by atoms with van der Waals surface area (Å²) in [6.07, 6.45) is 4.11. The van der Waals surface area contributed by atoms with E-state index in [0.717, 1.165) is 78.5 Å². The van der Waals surface area contributed by atoms with Crippen molar-refractivity contribution < 1.29 is 19.0 Å². The van der Waals surface area contributed by atoms with Crippen LogP contribution in [0.15, 0.2) is 84.9 Å². The highest BCUT2D eigenvalue weighted by atomic mass is 16.6. The summed E-state index contributed by atoms with van der Waals surface area (Å²) in [6.45, 7) is 1.88. The Labute approximate surface area is 241 Å². The molecule has 1 aliphatic heterocycles. The molecule has 1 saturated heterocycles. The molecule has 1 aliphatic carbocycles. The lowest BCUT2D eigenvalue weighted by Crippen LogP contribution is -2.29. The van der Waals surface area contributed by atoms with Crippen molar-refractivity contribution in [3.05, 3.63) is 96.2 Å². The van der Waals surface area contributed by atoms with Gasteiger partial charge in [0.25, 0.3) is 0 Å². The van der Waals surface area contributed by atoms with Crippen LogP contribution in [0.5, 0.6) is 11.5 Å². The van der Waals surface area contributed by atoms with Gasteiger partial charge >= 0.3 is 6.09 Å². The molecule has 41 heavy (non-hydrogen) atoms. The fourth-order valence-corrected chi connectivity index (χ4v) is 6.31. The van der Waals surface area contributed by atoms with Gasteiger partial charge in [0.2, 0.25) is 0 Å². The zero-order valence-corrected chi connectivity index (χ0v) is 23.7. The molecule has 1 saturated carbocycles. The summed E-state index contributed by atoms with van der Waals surface area (Å²) in [5.41, 5.74) is 5.30. The number of rotatable bonds is 7.